The number of esters is 3. The largest absolute Gasteiger partial charge is 0.462 e. The van der Waals surface area contributed by atoms with Crippen LogP contribution in [0.25, 0.3) is 0 Å². The molecular formula is C73H128O6. The fraction of sp³-hybridized carbons (Fsp3) is 0.767. The van der Waals surface area contributed by atoms with Crippen LogP contribution in [0.15, 0.2) is 85.1 Å². The zero-order chi connectivity index (χ0) is 57.1. The molecule has 0 aromatic heterocycles. The van der Waals surface area contributed by atoms with Crippen molar-refractivity contribution >= 4 is 17.9 Å². The smallest absolute Gasteiger partial charge is 0.306 e. The Morgan fingerprint density at radius 2 is 0.456 bits per heavy atom. The van der Waals surface area contributed by atoms with E-state index in [1.165, 1.54) is 205 Å². The molecule has 0 aromatic rings. The van der Waals surface area contributed by atoms with Crippen molar-refractivity contribution in [3.8, 4) is 0 Å². The van der Waals surface area contributed by atoms with Gasteiger partial charge in [0.1, 0.15) is 13.2 Å². The van der Waals surface area contributed by atoms with Crippen molar-refractivity contribution in [2.75, 3.05) is 13.2 Å². The molecule has 0 aliphatic carbocycles. The van der Waals surface area contributed by atoms with Crippen molar-refractivity contribution in [1.82, 2.24) is 0 Å². The minimum absolute atomic E-state index is 0.0875. The van der Waals surface area contributed by atoms with Crippen LogP contribution in [0.3, 0.4) is 0 Å². The lowest BCUT2D eigenvalue weighted by Crippen LogP contribution is -2.30. The molecule has 0 aliphatic rings. The van der Waals surface area contributed by atoms with E-state index in [1.807, 2.05) is 0 Å². The number of hydrogen-bond donors (Lipinski definition) is 0. The molecule has 0 spiro atoms. The zero-order valence-corrected chi connectivity index (χ0v) is 52.4. The van der Waals surface area contributed by atoms with E-state index >= 15 is 0 Å². The Labute approximate surface area is 490 Å². The van der Waals surface area contributed by atoms with E-state index < -0.39 is 6.10 Å². The van der Waals surface area contributed by atoms with Crippen molar-refractivity contribution in [3.05, 3.63) is 85.1 Å². The van der Waals surface area contributed by atoms with Crippen molar-refractivity contribution in [3.63, 3.8) is 0 Å². The van der Waals surface area contributed by atoms with Crippen molar-refractivity contribution < 1.29 is 28.6 Å². The highest BCUT2D eigenvalue weighted by Crippen LogP contribution is 2.16. The number of allylic oxidation sites excluding steroid dienone is 14. The van der Waals surface area contributed by atoms with Gasteiger partial charge in [0.25, 0.3) is 0 Å². The molecule has 6 heteroatoms. The first kappa shape index (κ1) is 75.6. The fourth-order valence-corrected chi connectivity index (χ4v) is 9.69. The lowest BCUT2D eigenvalue weighted by atomic mass is 10.1. The molecule has 6 nitrogen and oxygen atoms in total. The maximum absolute atomic E-state index is 13.0. The summed E-state index contributed by atoms with van der Waals surface area (Å²) in [5, 5.41) is 0. The van der Waals surface area contributed by atoms with Crippen LogP contribution in [-0.2, 0) is 28.6 Å². The zero-order valence-electron chi connectivity index (χ0n) is 52.4. The van der Waals surface area contributed by atoms with E-state index in [0.717, 1.165) is 96.3 Å². The normalized spacial score (nSPS) is 12.6. The standard InChI is InChI=1S/C73H128O6/c1-4-7-10-13-16-19-22-25-28-31-34-36-39-42-45-48-51-54-57-60-63-66-72(75)78-69-70(68-77-71(74)65-62-59-56-53-50-47-44-41-38-33-30-27-24-21-18-15-12-9-6-3)79-73(76)67-64-61-58-55-52-49-46-43-40-37-35-32-29-26-23-20-17-14-11-8-5-2/h18,21-22,25,27,30-32,34-35,38-39,41-42,70H,4-17,19-20,23-24,26,28-29,33,36-37,40,43-69H2,1-3H3/b21-18-,25-22-,30-27-,34-31-,35-32-,41-38-,42-39-. The molecule has 79 heavy (non-hydrogen) atoms. The summed E-state index contributed by atoms with van der Waals surface area (Å²) < 4.78 is 17.0. The van der Waals surface area contributed by atoms with Crippen LogP contribution in [0.1, 0.15) is 342 Å². The fourth-order valence-electron chi connectivity index (χ4n) is 9.69. The van der Waals surface area contributed by atoms with Gasteiger partial charge in [-0.3, -0.25) is 14.4 Å². The maximum Gasteiger partial charge on any atom is 0.306 e. The molecule has 0 rings (SSSR count). The molecule has 0 aromatic carbocycles. The molecular weight excluding hydrogens is 973 g/mol. The van der Waals surface area contributed by atoms with Gasteiger partial charge >= 0.3 is 17.9 Å². The summed E-state index contributed by atoms with van der Waals surface area (Å²) in [6.07, 6.45) is 88.7. The molecule has 0 aliphatic heterocycles. The van der Waals surface area contributed by atoms with Gasteiger partial charge in [-0.15, -0.1) is 0 Å². The SMILES string of the molecule is CCCCC/C=C\C/C=C\C/C=C\CCCCCCCCC(=O)OCC(COC(=O)CCCCCCCC/C=C\C/C=C\C/C=C\CCCCCCC)OC(=O)CCCCCCCCCCC/C=C\CCCCCCCCCC. The van der Waals surface area contributed by atoms with Crippen molar-refractivity contribution in [2.45, 2.75) is 348 Å². The van der Waals surface area contributed by atoms with Crippen LogP contribution in [0.2, 0.25) is 0 Å². The second-order valence-corrected chi connectivity index (χ2v) is 22.7. The highest BCUT2D eigenvalue weighted by Gasteiger charge is 2.19. The molecule has 0 saturated heterocycles. The topological polar surface area (TPSA) is 78.9 Å². The monoisotopic (exact) mass is 1100 g/mol. The van der Waals surface area contributed by atoms with E-state index in [4.69, 9.17) is 14.2 Å². The van der Waals surface area contributed by atoms with Crippen molar-refractivity contribution in [2.24, 2.45) is 0 Å². The van der Waals surface area contributed by atoms with Crippen LogP contribution in [0, 0.1) is 0 Å². The summed E-state index contributed by atoms with van der Waals surface area (Å²) >= 11 is 0. The number of unbranched alkanes of at least 4 members (excludes halogenated alkanes) is 37. The number of rotatable bonds is 62. The Hall–Kier alpha value is -3.41. The molecule has 0 heterocycles. The summed E-state index contributed by atoms with van der Waals surface area (Å²) in [5.41, 5.74) is 0. The second-order valence-electron chi connectivity index (χ2n) is 22.7. The van der Waals surface area contributed by atoms with E-state index in [2.05, 4.69) is 106 Å². The predicted molar refractivity (Wildman–Crippen MR) is 344 cm³/mol. The molecule has 0 bridgehead atoms. The number of carbonyl (C=O) groups excluding carboxylic acids is 3. The molecule has 0 saturated carbocycles. The van der Waals surface area contributed by atoms with Crippen molar-refractivity contribution in [1.29, 1.82) is 0 Å². The Balaban J connectivity index is 4.42. The second kappa shape index (κ2) is 67.1. The molecule has 0 N–H and O–H groups in total. The van der Waals surface area contributed by atoms with Gasteiger partial charge in [0.05, 0.1) is 0 Å². The highest BCUT2D eigenvalue weighted by molar-refractivity contribution is 5.71. The molecule has 0 radical (unpaired) electrons. The van der Waals surface area contributed by atoms with Gasteiger partial charge < -0.3 is 14.2 Å². The van der Waals surface area contributed by atoms with E-state index in [0.29, 0.717) is 19.3 Å². The number of hydrogen-bond acceptors (Lipinski definition) is 6. The predicted octanol–water partition coefficient (Wildman–Crippen LogP) is 23.4. The van der Waals surface area contributed by atoms with Crippen LogP contribution in [-0.4, -0.2) is 37.2 Å². The Morgan fingerprint density at radius 3 is 0.747 bits per heavy atom. The van der Waals surface area contributed by atoms with Crippen LogP contribution in [0.5, 0.6) is 0 Å². The van der Waals surface area contributed by atoms with Crippen LogP contribution >= 0.6 is 0 Å². The number of carbonyl (C=O) groups is 3. The summed E-state index contributed by atoms with van der Waals surface area (Å²) in [6.45, 7) is 6.62. The first-order valence-electron chi connectivity index (χ1n) is 34.1. The minimum Gasteiger partial charge on any atom is -0.462 e. The van der Waals surface area contributed by atoms with Gasteiger partial charge in [-0.1, -0.05) is 286 Å². The first-order chi connectivity index (χ1) is 39.0. The maximum atomic E-state index is 13.0. The van der Waals surface area contributed by atoms with E-state index in [1.54, 1.807) is 0 Å². The third-order valence-corrected chi connectivity index (χ3v) is 14.8. The van der Waals surface area contributed by atoms with Gasteiger partial charge in [0.15, 0.2) is 6.10 Å². The van der Waals surface area contributed by atoms with Gasteiger partial charge in [0, 0.05) is 19.3 Å². The highest BCUT2D eigenvalue weighted by atomic mass is 16.6. The molecule has 0 fully saturated rings. The van der Waals surface area contributed by atoms with Gasteiger partial charge in [-0.25, -0.2) is 0 Å². The third kappa shape index (κ3) is 65.3. The Kier molecular flexibility index (Phi) is 64.2. The summed E-state index contributed by atoms with van der Waals surface area (Å²) in [7, 11) is 0. The van der Waals surface area contributed by atoms with Gasteiger partial charge in [-0.2, -0.15) is 0 Å². The quantitative estimate of drug-likeness (QED) is 0.0261. The first-order valence-corrected chi connectivity index (χ1v) is 34.1. The minimum atomic E-state index is -0.792. The number of ether oxygens (including phenoxy) is 3. The molecule has 1 atom stereocenters. The average molecular weight is 1100 g/mol. The van der Waals surface area contributed by atoms with E-state index in [-0.39, 0.29) is 31.1 Å². The van der Waals surface area contributed by atoms with Crippen LogP contribution in [0.4, 0.5) is 0 Å². The van der Waals surface area contributed by atoms with Gasteiger partial charge in [-0.05, 0) is 122 Å². The summed E-state index contributed by atoms with van der Waals surface area (Å²) in [5.74, 6) is -0.898. The Bertz CT molecular complexity index is 1500. The summed E-state index contributed by atoms with van der Waals surface area (Å²) in [4.78, 5) is 38.4. The molecule has 456 valence electrons. The molecule has 0 amide bonds. The molecule has 1 unspecified atom stereocenters. The average Bonchev–Trinajstić information content (AvgIpc) is 3.45. The lowest BCUT2D eigenvalue weighted by molar-refractivity contribution is -0.167. The Morgan fingerprint density at radius 1 is 0.253 bits per heavy atom. The van der Waals surface area contributed by atoms with Crippen LogP contribution < -0.4 is 0 Å². The lowest BCUT2D eigenvalue weighted by Gasteiger charge is -2.18. The van der Waals surface area contributed by atoms with Gasteiger partial charge in [0.2, 0.25) is 0 Å². The van der Waals surface area contributed by atoms with E-state index in [9.17, 15) is 14.4 Å². The third-order valence-electron chi connectivity index (χ3n) is 14.8. The summed E-state index contributed by atoms with van der Waals surface area (Å²) in [6, 6.07) is 0.